The van der Waals surface area contributed by atoms with E-state index in [0.717, 1.165) is 10.6 Å². The van der Waals surface area contributed by atoms with Crippen molar-refractivity contribution in [3.05, 3.63) is 22.9 Å². The molecule has 19 heavy (non-hydrogen) atoms. The molecule has 0 N–H and O–H groups in total. The van der Waals surface area contributed by atoms with Gasteiger partial charge in [0.25, 0.3) is 0 Å². The van der Waals surface area contributed by atoms with Crippen molar-refractivity contribution in [2.45, 2.75) is 38.9 Å². The minimum Gasteiger partial charge on any atom is -0.398 e. The first-order valence-electron chi connectivity index (χ1n) is 6.24. The number of hydrogen-bond acceptors (Lipinski definition) is 5. The second kappa shape index (κ2) is 4.41. The average molecular weight is 293 g/mol. The molecule has 1 fully saturated rings. The zero-order chi connectivity index (χ0) is 13.7. The Hall–Kier alpha value is -0.685. The summed E-state index contributed by atoms with van der Waals surface area (Å²) in [7, 11) is -0.366. The van der Waals surface area contributed by atoms with Gasteiger partial charge in [-0.15, -0.1) is 22.7 Å². The molecule has 6 heteroatoms. The van der Waals surface area contributed by atoms with Gasteiger partial charge >= 0.3 is 7.12 Å². The molecule has 0 atom stereocenters. The summed E-state index contributed by atoms with van der Waals surface area (Å²) in [4.78, 5) is 5.83. The van der Waals surface area contributed by atoms with E-state index in [9.17, 15) is 0 Å². The second-order valence-electron chi connectivity index (χ2n) is 5.64. The molecule has 1 aliphatic rings. The Morgan fingerprint density at radius 1 is 1.11 bits per heavy atom. The molecule has 0 saturated carbocycles. The molecule has 0 radical (unpaired) electrons. The lowest BCUT2D eigenvalue weighted by molar-refractivity contribution is 0.00578. The van der Waals surface area contributed by atoms with Crippen LogP contribution in [0.1, 0.15) is 27.7 Å². The van der Waals surface area contributed by atoms with E-state index in [-0.39, 0.29) is 18.3 Å². The Kier molecular flexibility index (Phi) is 3.09. The summed E-state index contributed by atoms with van der Waals surface area (Å²) >= 11 is 3.33. The van der Waals surface area contributed by atoms with Crippen LogP contribution in [0.5, 0.6) is 0 Å². The van der Waals surface area contributed by atoms with Gasteiger partial charge in [-0.25, -0.2) is 4.98 Å². The highest BCUT2D eigenvalue weighted by Crippen LogP contribution is 2.37. The predicted octanol–water partition coefficient (Wildman–Crippen LogP) is 3.17. The van der Waals surface area contributed by atoms with Crippen LogP contribution in [-0.4, -0.2) is 23.3 Å². The molecule has 2 aromatic rings. The Morgan fingerprint density at radius 2 is 1.79 bits per heavy atom. The van der Waals surface area contributed by atoms with E-state index >= 15 is 0 Å². The number of nitrogens with zero attached hydrogens (tertiary/aromatic N) is 1. The maximum Gasteiger partial charge on any atom is 0.515 e. The SMILES string of the molecule is CC1(C)OB(c2csc(-c3cccs3)n2)OC1(C)C. The first-order valence-corrected chi connectivity index (χ1v) is 8.00. The van der Waals surface area contributed by atoms with Crippen LogP contribution in [-0.2, 0) is 9.31 Å². The van der Waals surface area contributed by atoms with Crippen molar-refractivity contribution in [2.24, 2.45) is 0 Å². The molecule has 100 valence electrons. The van der Waals surface area contributed by atoms with Crippen LogP contribution in [0.25, 0.3) is 9.88 Å². The third kappa shape index (κ3) is 2.27. The summed E-state index contributed by atoms with van der Waals surface area (Å²) in [6.07, 6.45) is 0. The van der Waals surface area contributed by atoms with E-state index in [1.807, 2.05) is 11.4 Å². The molecule has 0 spiro atoms. The van der Waals surface area contributed by atoms with E-state index < -0.39 is 0 Å². The van der Waals surface area contributed by atoms with Gasteiger partial charge in [-0.1, -0.05) is 6.07 Å². The topological polar surface area (TPSA) is 31.4 Å². The Labute approximate surface area is 121 Å². The first kappa shape index (κ1) is 13.3. The first-order chi connectivity index (χ1) is 8.89. The van der Waals surface area contributed by atoms with Gasteiger partial charge in [-0.3, -0.25) is 0 Å². The third-order valence-electron chi connectivity index (χ3n) is 3.75. The Bertz CT molecular complexity index is 561. The number of aromatic nitrogens is 1. The molecular formula is C13H16BNO2S2. The summed E-state index contributed by atoms with van der Waals surface area (Å²) in [5.41, 5.74) is 0.237. The van der Waals surface area contributed by atoms with E-state index in [4.69, 9.17) is 9.31 Å². The number of thiazole rings is 1. The monoisotopic (exact) mass is 293 g/mol. The molecule has 0 unspecified atom stereocenters. The minimum atomic E-state index is -0.366. The van der Waals surface area contributed by atoms with Gasteiger partial charge in [-0.05, 0) is 39.1 Å². The van der Waals surface area contributed by atoms with Gasteiger partial charge in [-0.2, -0.15) is 0 Å². The van der Waals surface area contributed by atoms with Gasteiger partial charge in [0.15, 0.2) is 0 Å². The fourth-order valence-corrected chi connectivity index (χ4v) is 3.51. The van der Waals surface area contributed by atoms with Crippen LogP contribution >= 0.6 is 22.7 Å². The highest BCUT2D eigenvalue weighted by Gasteiger charge is 2.52. The van der Waals surface area contributed by atoms with Gasteiger partial charge < -0.3 is 9.31 Å². The Balaban J connectivity index is 1.85. The summed E-state index contributed by atoms with van der Waals surface area (Å²) in [5.74, 6) is 0. The van der Waals surface area contributed by atoms with Crippen molar-refractivity contribution in [3.8, 4) is 9.88 Å². The van der Waals surface area contributed by atoms with E-state index in [0.29, 0.717) is 0 Å². The number of hydrogen-bond donors (Lipinski definition) is 0. The summed E-state index contributed by atoms with van der Waals surface area (Å²) in [6.45, 7) is 8.22. The van der Waals surface area contributed by atoms with Crippen molar-refractivity contribution in [1.29, 1.82) is 0 Å². The fraction of sp³-hybridized carbons (Fsp3) is 0.462. The molecule has 2 aromatic heterocycles. The molecule has 0 aliphatic carbocycles. The second-order valence-corrected chi connectivity index (χ2v) is 7.45. The van der Waals surface area contributed by atoms with E-state index in [1.54, 1.807) is 22.7 Å². The fourth-order valence-electron chi connectivity index (χ4n) is 1.87. The normalized spacial score (nSPS) is 20.9. The van der Waals surface area contributed by atoms with Crippen LogP contribution in [0, 0.1) is 0 Å². The van der Waals surface area contributed by atoms with Gasteiger partial charge in [0.05, 0.1) is 21.7 Å². The van der Waals surface area contributed by atoms with E-state index in [1.165, 1.54) is 4.88 Å². The Morgan fingerprint density at radius 3 is 2.37 bits per heavy atom. The van der Waals surface area contributed by atoms with Crippen LogP contribution in [0.4, 0.5) is 0 Å². The zero-order valence-corrected chi connectivity index (χ0v) is 13.1. The van der Waals surface area contributed by atoms with Crippen molar-refractivity contribution in [2.75, 3.05) is 0 Å². The standard InChI is InChI=1S/C13H16BNO2S2/c1-12(2)13(3,4)17-14(16-12)10-8-19-11(15-10)9-6-5-7-18-9/h5-8H,1-4H3. The molecule has 0 amide bonds. The largest absolute Gasteiger partial charge is 0.515 e. The van der Waals surface area contributed by atoms with Gasteiger partial charge in [0.1, 0.15) is 5.01 Å². The highest BCUT2D eigenvalue weighted by atomic mass is 32.1. The van der Waals surface area contributed by atoms with Crippen LogP contribution in [0.15, 0.2) is 22.9 Å². The van der Waals surface area contributed by atoms with Crippen LogP contribution < -0.4 is 5.59 Å². The summed E-state index contributed by atoms with van der Waals surface area (Å²) in [5, 5.41) is 5.11. The molecule has 3 rings (SSSR count). The molecule has 1 saturated heterocycles. The molecule has 3 heterocycles. The lowest BCUT2D eigenvalue weighted by atomic mass is 9.86. The van der Waals surface area contributed by atoms with Crippen LogP contribution in [0.2, 0.25) is 0 Å². The third-order valence-corrected chi connectivity index (χ3v) is 5.65. The molecule has 0 bridgehead atoms. The van der Waals surface area contributed by atoms with Crippen molar-refractivity contribution >= 4 is 35.4 Å². The maximum absolute atomic E-state index is 6.01. The summed E-state index contributed by atoms with van der Waals surface area (Å²) in [6, 6.07) is 4.12. The summed E-state index contributed by atoms with van der Waals surface area (Å²) < 4.78 is 12.0. The number of rotatable bonds is 2. The van der Waals surface area contributed by atoms with Crippen molar-refractivity contribution in [1.82, 2.24) is 4.98 Å². The smallest absolute Gasteiger partial charge is 0.398 e. The van der Waals surface area contributed by atoms with E-state index in [2.05, 4.69) is 44.1 Å². The van der Waals surface area contributed by atoms with Crippen LogP contribution in [0.3, 0.4) is 0 Å². The molecule has 0 aromatic carbocycles. The molecule has 1 aliphatic heterocycles. The lowest BCUT2D eigenvalue weighted by Gasteiger charge is -2.32. The maximum atomic E-state index is 6.01. The minimum absolute atomic E-state index is 0.315. The molecule has 3 nitrogen and oxygen atoms in total. The van der Waals surface area contributed by atoms with Gasteiger partial charge in [0.2, 0.25) is 0 Å². The molecular weight excluding hydrogens is 277 g/mol. The van der Waals surface area contributed by atoms with Gasteiger partial charge in [0, 0.05) is 5.38 Å². The predicted molar refractivity (Wildman–Crippen MR) is 81.1 cm³/mol. The average Bonchev–Trinajstić information content (AvgIpc) is 3.00. The highest BCUT2D eigenvalue weighted by molar-refractivity contribution is 7.20. The number of thiophene rings is 1. The zero-order valence-electron chi connectivity index (χ0n) is 11.5. The van der Waals surface area contributed by atoms with Crippen molar-refractivity contribution < 1.29 is 9.31 Å². The lowest BCUT2D eigenvalue weighted by Crippen LogP contribution is -2.41. The van der Waals surface area contributed by atoms with Crippen molar-refractivity contribution in [3.63, 3.8) is 0 Å². The quantitative estimate of drug-likeness (QED) is 0.797.